The summed E-state index contributed by atoms with van der Waals surface area (Å²) >= 11 is 5.89. The average Bonchev–Trinajstić information content (AvgIpc) is 3.06. The molecule has 8 heteroatoms. The van der Waals surface area contributed by atoms with Crippen molar-refractivity contribution >= 4 is 33.1 Å². The fourth-order valence-corrected chi connectivity index (χ4v) is 5.15. The number of nitrogens with zero attached hydrogens (tertiary/aromatic N) is 1. The molecular weight excluding hydrogens is 414 g/mol. The van der Waals surface area contributed by atoms with Crippen LogP contribution in [0.4, 0.5) is 0 Å². The molecule has 2 aromatic carbocycles. The quantitative estimate of drug-likeness (QED) is 0.623. The van der Waals surface area contributed by atoms with E-state index in [0.717, 1.165) is 0 Å². The van der Waals surface area contributed by atoms with Crippen LogP contribution in [0.2, 0.25) is 5.02 Å². The summed E-state index contributed by atoms with van der Waals surface area (Å²) in [5.41, 5.74) is 0.793. The van der Waals surface area contributed by atoms with Crippen molar-refractivity contribution in [3.63, 3.8) is 0 Å². The number of hydrogen-bond donors (Lipinski definition) is 0. The van der Waals surface area contributed by atoms with Crippen LogP contribution in [0.1, 0.15) is 34.1 Å². The first-order valence-electron chi connectivity index (χ1n) is 9.32. The van der Waals surface area contributed by atoms with Gasteiger partial charge in [0.15, 0.2) is 15.6 Å². The Labute approximate surface area is 175 Å². The van der Waals surface area contributed by atoms with Crippen LogP contribution in [-0.2, 0) is 9.84 Å². The first-order valence-corrected chi connectivity index (χ1v) is 11.5. The number of halogens is 1. The molecule has 0 bridgehead atoms. The molecule has 1 unspecified atom stereocenters. The largest absolute Gasteiger partial charge is 0.494 e. The lowest BCUT2D eigenvalue weighted by Gasteiger charge is -2.28. The lowest BCUT2D eigenvalue weighted by Crippen LogP contribution is -2.44. The van der Waals surface area contributed by atoms with Gasteiger partial charge in [0.1, 0.15) is 5.75 Å². The SMILES string of the molecule is CCOc1ccc(C(=O)CN(C(=O)c2ccc(Cl)cc2)C2CCS(=O)(=O)C2)cc1. The number of ether oxygens (including phenoxy) is 1. The first-order chi connectivity index (χ1) is 13.8. The molecule has 1 heterocycles. The Balaban J connectivity index is 1.83. The second kappa shape index (κ2) is 8.97. The molecule has 2 aromatic rings. The standard InChI is InChI=1S/C21H22ClNO5S/c1-2-28-19-9-5-15(6-10-19)20(24)13-23(18-11-12-29(26,27)14-18)21(25)16-3-7-17(22)8-4-16/h3-10,18H,2,11-14H2,1H3. The van der Waals surface area contributed by atoms with Gasteiger partial charge in [0.25, 0.3) is 5.91 Å². The second-order valence-electron chi connectivity index (χ2n) is 6.88. The fourth-order valence-electron chi connectivity index (χ4n) is 3.30. The predicted molar refractivity (Wildman–Crippen MR) is 111 cm³/mol. The molecule has 1 fully saturated rings. The predicted octanol–water partition coefficient (Wildman–Crippen LogP) is 3.25. The van der Waals surface area contributed by atoms with Crippen LogP contribution in [0.15, 0.2) is 48.5 Å². The van der Waals surface area contributed by atoms with Crippen molar-refractivity contribution in [1.82, 2.24) is 4.90 Å². The number of ketones is 1. The van der Waals surface area contributed by atoms with E-state index in [1.165, 1.54) is 4.90 Å². The minimum Gasteiger partial charge on any atom is -0.494 e. The minimum absolute atomic E-state index is 0.0132. The highest BCUT2D eigenvalue weighted by molar-refractivity contribution is 7.91. The Kier molecular flexibility index (Phi) is 6.59. The zero-order valence-corrected chi connectivity index (χ0v) is 17.6. The van der Waals surface area contributed by atoms with E-state index in [1.54, 1.807) is 48.5 Å². The second-order valence-corrected chi connectivity index (χ2v) is 9.54. The van der Waals surface area contributed by atoms with Crippen LogP contribution in [-0.4, -0.2) is 55.7 Å². The van der Waals surface area contributed by atoms with Crippen molar-refractivity contribution in [2.24, 2.45) is 0 Å². The van der Waals surface area contributed by atoms with Gasteiger partial charge in [-0.15, -0.1) is 0 Å². The number of carbonyl (C=O) groups excluding carboxylic acids is 2. The molecule has 1 atom stereocenters. The van der Waals surface area contributed by atoms with Gasteiger partial charge in [0.05, 0.1) is 24.7 Å². The van der Waals surface area contributed by atoms with Crippen molar-refractivity contribution in [3.05, 3.63) is 64.7 Å². The third-order valence-electron chi connectivity index (χ3n) is 4.80. The van der Waals surface area contributed by atoms with Gasteiger partial charge in [-0.05, 0) is 61.9 Å². The molecule has 0 radical (unpaired) electrons. The maximum atomic E-state index is 13.1. The lowest BCUT2D eigenvalue weighted by molar-refractivity contribution is 0.0654. The summed E-state index contributed by atoms with van der Waals surface area (Å²) in [4.78, 5) is 27.3. The molecule has 1 aliphatic heterocycles. The van der Waals surface area contributed by atoms with Gasteiger partial charge in [-0.3, -0.25) is 9.59 Å². The highest BCUT2D eigenvalue weighted by atomic mass is 35.5. The minimum atomic E-state index is -3.22. The highest BCUT2D eigenvalue weighted by Gasteiger charge is 2.36. The third-order valence-corrected chi connectivity index (χ3v) is 6.80. The molecular formula is C21H22ClNO5S. The van der Waals surface area contributed by atoms with Crippen molar-refractivity contribution in [3.8, 4) is 5.75 Å². The molecule has 154 valence electrons. The third kappa shape index (κ3) is 5.36. The summed E-state index contributed by atoms with van der Waals surface area (Å²) < 4.78 is 29.3. The van der Waals surface area contributed by atoms with E-state index in [1.807, 2.05) is 6.92 Å². The molecule has 0 aromatic heterocycles. The van der Waals surface area contributed by atoms with Gasteiger partial charge < -0.3 is 9.64 Å². The zero-order valence-electron chi connectivity index (χ0n) is 16.0. The van der Waals surface area contributed by atoms with Crippen LogP contribution < -0.4 is 4.74 Å². The molecule has 1 aliphatic rings. The first kappa shape index (κ1) is 21.3. The summed E-state index contributed by atoms with van der Waals surface area (Å²) in [6.07, 6.45) is 0.318. The van der Waals surface area contributed by atoms with E-state index < -0.39 is 15.9 Å². The molecule has 6 nitrogen and oxygen atoms in total. The van der Waals surface area contributed by atoms with E-state index in [0.29, 0.717) is 34.9 Å². The number of rotatable bonds is 7. The molecule has 0 spiro atoms. The Hall–Kier alpha value is -2.38. The Morgan fingerprint density at radius 1 is 1.07 bits per heavy atom. The van der Waals surface area contributed by atoms with Crippen LogP contribution in [0.3, 0.4) is 0 Å². The average molecular weight is 436 g/mol. The molecule has 1 amide bonds. The van der Waals surface area contributed by atoms with Crippen LogP contribution in [0, 0.1) is 0 Å². The Morgan fingerprint density at radius 3 is 2.24 bits per heavy atom. The van der Waals surface area contributed by atoms with E-state index >= 15 is 0 Å². The normalized spacial score (nSPS) is 17.7. The van der Waals surface area contributed by atoms with Gasteiger partial charge in [-0.25, -0.2) is 8.42 Å². The number of amides is 1. The van der Waals surface area contributed by atoms with Gasteiger partial charge in [-0.2, -0.15) is 0 Å². The summed E-state index contributed by atoms with van der Waals surface area (Å²) in [7, 11) is -3.22. The summed E-state index contributed by atoms with van der Waals surface area (Å²) in [6.45, 7) is 2.19. The van der Waals surface area contributed by atoms with Crippen molar-refractivity contribution in [2.45, 2.75) is 19.4 Å². The van der Waals surface area contributed by atoms with Gasteiger partial charge in [-0.1, -0.05) is 11.6 Å². The monoisotopic (exact) mass is 435 g/mol. The fraction of sp³-hybridized carbons (Fsp3) is 0.333. The molecule has 0 saturated carbocycles. The molecule has 0 aliphatic carbocycles. The highest BCUT2D eigenvalue weighted by Crippen LogP contribution is 2.22. The van der Waals surface area contributed by atoms with Gasteiger partial charge in [0, 0.05) is 22.2 Å². The zero-order chi connectivity index (χ0) is 21.0. The summed E-state index contributed by atoms with van der Waals surface area (Å²) in [5, 5.41) is 0.488. The number of benzene rings is 2. The number of carbonyl (C=O) groups is 2. The van der Waals surface area contributed by atoms with E-state index in [-0.39, 0.29) is 29.7 Å². The summed E-state index contributed by atoms with van der Waals surface area (Å²) in [6, 6.07) is 12.5. The van der Waals surface area contributed by atoms with E-state index in [2.05, 4.69) is 0 Å². The molecule has 29 heavy (non-hydrogen) atoms. The van der Waals surface area contributed by atoms with Crippen molar-refractivity contribution in [2.75, 3.05) is 24.7 Å². The summed E-state index contributed by atoms with van der Waals surface area (Å²) in [5.74, 6) is -0.120. The van der Waals surface area contributed by atoms with Crippen LogP contribution in [0.5, 0.6) is 5.75 Å². The lowest BCUT2D eigenvalue weighted by atomic mass is 10.1. The maximum Gasteiger partial charge on any atom is 0.254 e. The maximum absolute atomic E-state index is 13.1. The number of hydrogen-bond acceptors (Lipinski definition) is 5. The molecule has 3 rings (SSSR count). The van der Waals surface area contributed by atoms with E-state index in [4.69, 9.17) is 16.3 Å². The topological polar surface area (TPSA) is 80.8 Å². The Morgan fingerprint density at radius 2 is 1.69 bits per heavy atom. The van der Waals surface area contributed by atoms with Gasteiger partial charge >= 0.3 is 0 Å². The molecule has 1 saturated heterocycles. The van der Waals surface area contributed by atoms with Crippen LogP contribution >= 0.6 is 11.6 Å². The number of Topliss-reactive ketones (excluding diaryl/α,β-unsaturated/α-hetero) is 1. The number of sulfone groups is 1. The molecule has 0 N–H and O–H groups in total. The van der Waals surface area contributed by atoms with Gasteiger partial charge in [0.2, 0.25) is 0 Å². The van der Waals surface area contributed by atoms with Crippen molar-refractivity contribution in [1.29, 1.82) is 0 Å². The van der Waals surface area contributed by atoms with Crippen molar-refractivity contribution < 1.29 is 22.7 Å². The smallest absolute Gasteiger partial charge is 0.254 e. The Bertz CT molecular complexity index is 987. The van der Waals surface area contributed by atoms with E-state index in [9.17, 15) is 18.0 Å². The van der Waals surface area contributed by atoms with Crippen LogP contribution in [0.25, 0.3) is 0 Å².